The van der Waals surface area contributed by atoms with E-state index in [1.54, 1.807) is 36.4 Å². The number of carboxylic acids is 1. The van der Waals surface area contributed by atoms with Crippen LogP contribution < -0.4 is 5.32 Å². The van der Waals surface area contributed by atoms with E-state index in [2.05, 4.69) is 15.5 Å². The first kappa shape index (κ1) is 13.8. The molecule has 1 unspecified atom stereocenters. The number of H-pyrrole nitrogens is 1. The van der Waals surface area contributed by atoms with Gasteiger partial charge in [0.2, 0.25) is 5.91 Å². The molecule has 1 aromatic carbocycles. The fourth-order valence-electron chi connectivity index (χ4n) is 1.90. The van der Waals surface area contributed by atoms with Crippen molar-refractivity contribution < 1.29 is 14.7 Å². The number of carbonyl (C=O) groups is 2. The van der Waals surface area contributed by atoms with Crippen molar-refractivity contribution in [1.82, 2.24) is 15.5 Å². The fraction of sp³-hybridized carbons (Fsp3) is 0.214. The molecule has 2 rings (SSSR count). The molecule has 1 heterocycles. The zero-order valence-corrected chi connectivity index (χ0v) is 11.0. The number of aromatic amines is 1. The Kier molecular flexibility index (Phi) is 3.84. The molecule has 1 aromatic heterocycles. The number of amides is 1. The molecule has 0 fully saturated rings. The molecule has 0 radical (unpaired) electrons. The van der Waals surface area contributed by atoms with Crippen LogP contribution in [0.4, 0.5) is 0 Å². The number of nitrogens with one attached hydrogen (secondary N) is 2. The third-order valence-electron chi connectivity index (χ3n) is 3.08. The highest BCUT2D eigenvalue weighted by molar-refractivity contribution is 5.88. The highest BCUT2D eigenvalue weighted by atomic mass is 16.4. The Morgan fingerprint density at radius 2 is 2.00 bits per heavy atom. The third kappa shape index (κ3) is 2.85. The van der Waals surface area contributed by atoms with E-state index in [1.807, 2.05) is 0 Å². The van der Waals surface area contributed by atoms with Gasteiger partial charge in [0.25, 0.3) is 0 Å². The molecule has 1 amide bonds. The van der Waals surface area contributed by atoms with Gasteiger partial charge >= 0.3 is 5.97 Å². The Bertz CT molecular complexity index is 595. The number of aromatic nitrogens is 2. The molecule has 0 bridgehead atoms. The molecule has 104 valence electrons. The molecule has 0 aliphatic carbocycles. The van der Waals surface area contributed by atoms with Crippen LogP contribution in [0.15, 0.2) is 42.6 Å². The smallest absolute Gasteiger partial charge is 0.333 e. The lowest BCUT2D eigenvalue weighted by Gasteiger charge is -2.26. The van der Waals surface area contributed by atoms with Gasteiger partial charge in [-0.2, -0.15) is 5.10 Å². The van der Waals surface area contributed by atoms with Gasteiger partial charge in [0, 0.05) is 11.9 Å². The Labute approximate surface area is 115 Å². The highest BCUT2D eigenvalue weighted by Gasteiger charge is 2.36. The van der Waals surface area contributed by atoms with Crippen LogP contribution in [0.25, 0.3) is 0 Å². The van der Waals surface area contributed by atoms with Gasteiger partial charge in [0.05, 0.1) is 6.42 Å². The van der Waals surface area contributed by atoms with E-state index in [9.17, 15) is 14.7 Å². The normalized spacial score (nSPS) is 13.4. The van der Waals surface area contributed by atoms with Crippen LogP contribution in [0.3, 0.4) is 0 Å². The number of aliphatic carboxylic acids is 1. The topological polar surface area (TPSA) is 95.1 Å². The van der Waals surface area contributed by atoms with Gasteiger partial charge in [-0.3, -0.25) is 9.89 Å². The number of rotatable bonds is 5. The monoisotopic (exact) mass is 273 g/mol. The first-order valence-corrected chi connectivity index (χ1v) is 6.10. The zero-order chi connectivity index (χ0) is 14.6. The predicted molar refractivity (Wildman–Crippen MR) is 71.9 cm³/mol. The second-order valence-electron chi connectivity index (χ2n) is 4.60. The number of nitrogens with zero attached hydrogens (tertiary/aromatic N) is 1. The van der Waals surface area contributed by atoms with Gasteiger partial charge in [0.1, 0.15) is 0 Å². The van der Waals surface area contributed by atoms with Crippen LogP contribution in [0.2, 0.25) is 0 Å². The van der Waals surface area contributed by atoms with Crippen LogP contribution >= 0.6 is 0 Å². The molecular weight excluding hydrogens is 258 g/mol. The Morgan fingerprint density at radius 3 is 2.55 bits per heavy atom. The molecule has 0 aliphatic heterocycles. The molecule has 2 aromatic rings. The number of carboxylic acid groups (broad SMARTS) is 1. The Hall–Kier alpha value is -2.63. The molecule has 6 nitrogen and oxygen atoms in total. The largest absolute Gasteiger partial charge is 0.479 e. The summed E-state index contributed by atoms with van der Waals surface area (Å²) in [5.74, 6) is -1.50. The molecule has 6 heteroatoms. The van der Waals surface area contributed by atoms with Crippen LogP contribution in [0.5, 0.6) is 0 Å². The SMILES string of the molecule is CC(NC(=O)Cc1ccn[nH]1)(C(=O)O)c1ccccc1. The second-order valence-corrected chi connectivity index (χ2v) is 4.60. The minimum absolute atomic E-state index is 0.0513. The van der Waals surface area contributed by atoms with Gasteiger partial charge in [0.15, 0.2) is 5.54 Å². The summed E-state index contributed by atoms with van der Waals surface area (Å²) >= 11 is 0. The van der Waals surface area contributed by atoms with Crippen molar-refractivity contribution >= 4 is 11.9 Å². The van der Waals surface area contributed by atoms with E-state index < -0.39 is 11.5 Å². The first-order chi connectivity index (χ1) is 9.52. The zero-order valence-electron chi connectivity index (χ0n) is 11.0. The van der Waals surface area contributed by atoms with Crippen molar-refractivity contribution in [2.75, 3.05) is 0 Å². The number of carbonyl (C=O) groups excluding carboxylic acids is 1. The van der Waals surface area contributed by atoms with Crippen LogP contribution in [-0.4, -0.2) is 27.2 Å². The minimum atomic E-state index is -1.46. The highest BCUT2D eigenvalue weighted by Crippen LogP contribution is 2.21. The Morgan fingerprint density at radius 1 is 1.30 bits per heavy atom. The summed E-state index contributed by atoms with van der Waals surface area (Å²) in [7, 11) is 0. The third-order valence-corrected chi connectivity index (χ3v) is 3.08. The van der Waals surface area contributed by atoms with E-state index in [0.29, 0.717) is 11.3 Å². The summed E-state index contributed by atoms with van der Waals surface area (Å²) in [5, 5.41) is 18.4. The molecule has 0 spiro atoms. The maximum atomic E-state index is 12.0. The summed E-state index contributed by atoms with van der Waals surface area (Å²) < 4.78 is 0. The summed E-state index contributed by atoms with van der Waals surface area (Å²) in [6.07, 6.45) is 1.59. The average molecular weight is 273 g/mol. The summed E-state index contributed by atoms with van der Waals surface area (Å²) in [5.41, 5.74) is -0.313. The summed E-state index contributed by atoms with van der Waals surface area (Å²) in [6, 6.07) is 10.3. The van der Waals surface area contributed by atoms with Crippen LogP contribution in [0, 0.1) is 0 Å². The van der Waals surface area contributed by atoms with Gasteiger partial charge in [-0.1, -0.05) is 30.3 Å². The van der Waals surface area contributed by atoms with E-state index in [-0.39, 0.29) is 12.3 Å². The van der Waals surface area contributed by atoms with Crippen LogP contribution in [0.1, 0.15) is 18.2 Å². The Balaban J connectivity index is 2.18. The second kappa shape index (κ2) is 5.56. The molecule has 0 saturated heterocycles. The van der Waals surface area contributed by atoms with E-state index in [0.717, 1.165) is 0 Å². The van der Waals surface area contributed by atoms with Crippen molar-refractivity contribution in [3.8, 4) is 0 Å². The number of benzene rings is 1. The van der Waals surface area contributed by atoms with Crippen molar-refractivity contribution in [3.05, 3.63) is 53.9 Å². The average Bonchev–Trinajstić information content (AvgIpc) is 2.92. The molecule has 20 heavy (non-hydrogen) atoms. The maximum absolute atomic E-state index is 12.0. The van der Waals surface area contributed by atoms with Gasteiger partial charge in [-0.15, -0.1) is 0 Å². The molecule has 3 N–H and O–H groups in total. The fourth-order valence-corrected chi connectivity index (χ4v) is 1.90. The van der Waals surface area contributed by atoms with Crippen molar-refractivity contribution in [2.24, 2.45) is 0 Å². The van der Waals surface area contributed by atoms with Crippen molar-refractivity contribution in [2.45, 2.75) is 18.9 Å². The summed E-state index contributed by atoms with van der Waals surface area (Å²) in [6.45, 7) is 1.47. The van der Waals surface area contributed by atoms with E-state index >= 15 is 0 Å². The van der Waals surface area contributed by atoms with Crippen molar-refractivity contribution in [3.63, 3.8) is 0 Å². The first-order valence-electron chi connectivity index (χ1n) is 6.10. The quantitative estimate of drug-likeness (QED) is 0.759. The predicted octanol–water partition coefficient (Wildman–Crippen LogP) is 1.07. The number of hydrogen-bond donors (Lipinski definition) is 3. The maximum Gasteiger partial charge on any atom is 0.333 e. The lowest BCUT2D eigenvalue weighted by molar-refractivity contribution is -0.147. The molecule has 0 saturated carbocycles. The minimum Gasteiger partial charge on any atom is -0.479 e. The summed E-state index contributed by atoms with van der Waals surface area (Å²) in [4.78, 5) is 23.5. The standard InChI is InChI=1S/C14H15N3O3/c1-14(13(19)20,10-5-3-2-4-6-10)16-12(18)9-11-7-8-15-17-11/h2-8H,9H2,1H3,(H,15,17)(H,16,18)(H,19,20). The lowest BCUT2D eigenvalue weighted by Crippen LogP contribution is -2.50. The van der Waals surface area contributed by atoms with Gasteiger partial charge < -0.3 is 10.4 Å². The van der Waals surface area contributed by atoms with E-state index in [1.165, 1.54) is 13.1 Å². The molecular formula is C14H15N3O3. The van der Waals surface area contributed by atoms with Gasteiger partial charge in [-0.25, -0.2) is 4.79 Å². The lowest BCUT2D eigenvalue weighted by atomic mass is 9.92. The molecule has 0 aliphatic rings. The van der Waals surface area contributed by atoms with Crippen LogP contribution in [-0.2, 0) is 21.5 Å². The van der Waals surface area contributed by atoms with Gasteiger partial charge in [-0.05, 0) is 18.6 Å². The molecule has 1 atom stereocenters. The number of hydrogen-bond acceptors (Lipinski definition) is 3. The van der Waals surface area contributed by atoms with Crippen molar-refractivity contribution in [1.29, 1.82) is 0 Å². The van der Waals surface area contributed by atoms with E-state index in [4.69, 9.17) is 0 Å².